The maximum absolute atomic E-state index is 11.9. The van der Waals surface area contributed by atoms with Gasteiger partial charge in [0.2, 0.25) is 0 Å². The highest BCUT2D eigenvalue weighted by Crippen LogP contribution is 2.15. The van der Waals surface area contributed by atoms with Crippen molar-refractivity contribution in [2.45, 2.75) is 31.9 Å². The number of carboxylic acids is 1. The summed E-state index contributed by atoms with van der Waals surface area (Å²) < 4.78 is 5.49. The van der Waals surface area contributed by atoms with Crippen molar-refractivity contribution in [3.05, 3.63) is 29.6 Å². The molecule has 1 aromatic rings. The number of pyridine rings is 1. The van der Waals surface area contributed by atoms with Crippen LogP contribution in [0.25, 0.3) is 0 Å². The fraction of sp³-hybridized carbons (Fsp3) is 0.462. The number of carboxylic acid groups (broad SMARTS) is 1. The molecule has 0 saturated carbocycles. The van der Waals surface area contributed by atoms with Gasteiger partial charge in [0.15, 0.2) is 0 Å². The molecule has 6 nitrogen and oxygen atoms in total. The van der Waals surface area contributed by atoms with E-state index < -0.39 is 5.97 Å². The minimum atomic E-state index is -1.11. The molecule has 0 spiro atoms. The maximum atomic E-state index is 11.9. The largest absolute Gasteiger partial charge is 0.477 e. The minimum Gasteiger partial charge on any atom is -0.477 e. The van der Waals surface area contributed by atoms with Gasteiger partial charge in [-0.2, -0.15) is 0 Å². The number of amides is 1. The predicted octanol–water partition coefficient (Wildman–Crippen LogP) is 1.08. The topological polar surface area (TPSA) is 88.5 Å². The van der Waals surface area contributed by atoms with E-state index in [4.69, 9.17) is 9.84 Å². The summed E-state index contributed by atoms with van der Waals surface area (Å²) >= 11 is 0. The molecule has 1 fully saturated rings. The molecular weight excluding hydrogens is 248 g/mol. The number of ether oxygens (including phenoxy) is 1. The fourth-order valence-corrected chi connectivity index (χ4v) is 2.03. The zero-order chi connectivity index (χ0) is 13.8. The van der Waals surface area contributed by atoms with Crippen LogP contribution in [0.1, 0.15) is 40.6 Å². The first-order valence-electron chi connectivity index (χ1n) is 6.20. The Balaban J connectivity index is 1.97. The Labute approximate surface area is 110 Å². The molecule has 0 radical (unpaired) electrons. The molecule has 102 valence electrons. The van der Waals surface area contributed by atoms with Crippen LogP contribution in [-0.2, 0) is 4.74 Å². The second-order valence-electron chi connectivity index (χ2n) is 4.55. The molecule has 1 aliphatic rings. The highest BCUT2D eigenvalue weighted by atomic mass is 16.5. The molecule has 2 N–H and O–H groups in total. The van der Waals surface area contributed by atoms with Gasteiger partial charge in [0.25, 0.3) is 5.91 Å². The number of rotatable bonds is 4. The number of nitrogens with one attached hydrogen (secondary N) is 1. The Kier molecular flexibility index (Phi) is 4.11. The van der Waals surface area contributed by atoms with Crippen molar-refractivity contribution in [1.29, 1.82) is 0 Å². The number of hydrogen-bond donors (Lipinski definition) is 2. The third kappa shape index (κ3) is 3.29. The molecule has 1 aromatic heterocycles. The summed E-state index contributed by atoms with van der Waals surface area (Å²) in [6, 6.07) is 2.69. The molecule has 1 amide bonds. The number of nitrogens with zero attached hydrogens (tertiary/aromatic N) is 1. The molecule has 0 aromatic carbocycles. The van der Waals surface area contributed by atoms with Crippen molar-refractivity contribution in [2.75, 3.05) is 6.61 Å². The molecule has 0 bridgehead atoms. The maximum Gasteiger partial charge on any atom is 0.354 e. The van der Waals surface area contributed by atoms with Crippen molar-refractivity contribution in [3.8, 4) is 0 Å². The highest BCUT2D eigenvalue weighted by molar-refractivity contribution is 5.95. The molecule has 0 aliphatic carbocycles. The Morgan fingerprint density at radius 2 is 2.32 bits per heavy atom. The van der Waals surface area contributed by atoms with Crippen molar-refractivity contribution in [3.63, 3.8) is 0 Å². The lowest BCUT2D eigenvalue weighted by Crippen LogP contribution is -2.40. The molecule has 2 unspecified atom stereocenters. The SMILES string of the molecule is CC(NC(=O)c1ccc(C(=O)O)nc1)C1CCCO1. The quantitative estimate of drug-likeness (QED) is 0.849. The minimum absolute atomic E-state index is 0.0511. The number of aromatic nitrogens is 1. The lowest BCUT2D eigenvalue weighted by molar-refractivity contribution is 0.0687. The highest BCUT2D eigenvalue weighted by Gasteiger charge is 2.24. The van der Waals surface area contributed by atoms with Gasteiger partial charge in [0, 0.05) is 12.8 Å². The zero-order valence-corrected chi connectivity index (χ0v) is 10.6. The summed E-state index contributed by atoms with van der Waals surface area (Å²) in [4.78, 5) is 26.3. The third-order valence-corrected chi connectivity index (χ3v) is 3.13. The van der Waals surface area contributed by atoms with Crippen LogP contribution in [0.3, 0.4) is 0 Å². The van der Waals surface area contributed by atoms with Crippen LogP contribution in [-0.4, -0.2) is 40.7 Å². The summed E-state index contributed by atoms with van der Waals surface area (Å²) in [5.41, 5.74) is 0.263. The molecule has 6 heteroatoms. The van der Waals surface area contributed by atoms with E-state index in [9.17, 15) is 9.59 Å². The lowest BCUT2D eigenvalue weighted by atomic mass is 10.1. The van der Waals surface area contributed by atoms with Gasteiger partial charge >= 0.3 is 5.97 Å². The van der Waals surface area contributed by atoms with Crippen molar-refractivity contribution >= 4 is 11.9 Å². The van der Waals surface area contributed by atoms with Crippen LogP contribution in [0, 0.1) is 0 Å². The first-order valence-corrected chi connectivity index (χ1v) is 6.20. The van der Waals surface area contributed by atoms with Crippen molar-refractivity contribution < 1.29 is 19.4 Å². The van der Waals surface area contributed by atoms with E-state index in [1.165, 1.54) is 18.3 Å². The monoisotopic (exact) mass is 264 g/mol. The van der Waals surface area contributed by atoms with Crippen LogP contribution < -0.4 is 5.32 Å². The van der Waals surface area contributed by atoms with Crippen molar-refractivity contribution in [1.82, 2.24) is 10.3 Å². The standard InChI is InChI=1S/C13H16N2O4/c1-8(11-3-2-6-19-11)15-12(16)9-4-5-10(13(17)18)14-7-9/h4-5,7-8,11H,2-3,6H2,1H3,(H,15,16)(H,17,18). The van der Waals surface area contributed by atoms with Gasteiger partial charge in [-0.05, 0) is 31.9 Å². The predicted molar refractivity (Wildman–Crippen MR) is 67.1 cm³/mol. The number of carbonyl (C=O) groups is 2. The summed E-state index contributed by atoms with van der Waals surface area (Å²) in [7, 11) is 0. The van der Waals surface area contributed by atoms with Gasteiger partial charge in [0.05, 0.1) is 17.7 Å². The average molecular weight is 264 g/mol. The second-order valence-corrected chi connectivity index (χ2v) is 4.55. The van der Waals surface area contributed by atoms with E-state index in [-0.39, 0.29) is 23.7 Å². The summed E-state index contributed by atoms with van der Waals surface area (Å²) in [5.74, 6) is -1.38. The van der Waals surface area contributed by atoms with E-state index in [1.54, 1.807) is 0 Å². The molecular formula is C13H16N2O4. The first-order chi connectivity index (χ1) is 9.08. The van der Waals surface area contributed by atoms with Gasteiger partial charge in [-0.25, -0.2) is 9.78 Å². The van der Waals surface area contributed by atoms with E-state index >= 15 is 0 Å². The zero-order valence-electron chi connectivity index (χ0n) is 10.6. The number of hydrogen-bond acceptors (Lipinski definition) is 4. The van der Waals surface area contributed by atoms with E-state index in [0.717, 1.165) is 19.4 Å². The van der Waals surface area contributed by atoms with E-state index in [2.05, 4.69) is 10.3 Å². The van der Waals surface area contributed by atoms with Gasteiger partial charge in [-0.15, -0.1) is 0 Å². The molecule has 2 heterocycles. The van der Waals surface area contributed by atoms with Crippen LogP contribution >= 0.6 is 0 Å². The Morgan fingerprint density at radius 3 is 2.84 bits per heavy atom. The first kappa shape index (κ1) is 13.5. The fourth-order valence-electron chi connectivity index (χ4n) is 2.03. The van der Waals surface area contributed by atoms with E-state index in [1.807, 2.05) is 6.92 Å². The van der Waals surface area contributed by atoms with Gasteiger partial charge in [-0.1, -0.05) is 0 Å². The van der Waals surface area contributed by atoms with Crippen LogP contribution in [0.15, 0.2) is 18.3 Å². The van der Waals surface area contributed by atoms with Gasteiger partial charge in [0.1, 0.15) is 5.69 Å². The molecule has 1 saturated heterocycles. The average Bonchev–Trinajstić information content (AvgIpc) is 2.92. The molecule has 2 atom stereocenters. The van der Waals surface area contributed by atoms with Crippen LogP contribution in [0.2, 0.25) is 0 Å². The van der Waals surface area contributed by atoms with Gasteiger partial charge in [-0.3, -0.25) is 4.79 Å². The Morgan fingerprint density at radius 1 is 1.53 bits per heavy atom. The van der Waals surface area contributed by atoms with E-state index in [0.29, 0.717) is 5.56 Å². The molecule has 1 aliphatic heterocycles. The second kappa shape index (κ2) is 5.79. The third-order valence-electron chi connectivity index (χ3n) is 3.13. The van der Waals surface area contributed by atoms with Crippen molar-refractivity contribution in [2.24, 2.45) is 0 Å². The molecule has 19 heavy (non-hydrogen) atoms. The van der Waals surface area contributed by atoms with Crippen LogP contribution in [0.4, 0.5) is 0 Å². The lowest BCUT2D eigenvalue weighted by Gasteiger charge is -2.19. The smallest absolute Gasteiger partial charge is 0.354 e. The number of carbonyl (C=O) groups excluding carboxylic acids is 1. The summed E-state index contributed by atoms with van der Waals surface area (Å²) in [5, 5.41) is 11.6. The Bertz CT molecular complexity index is 466. The number of aromatic carboxylic acids is 1. The normalized spacial score (nSPS) is 19.9. The van der Waals surface area contributed by atoms with Gasteiger partial charge < -0.3 is 15.2 Å². The molecule has 2 rings (SSSR count). The Hall–Kier alpha value is -1.95. The summed E-state index contributed by atoms with van der Waals surface area (Å²) in [6.07, 6.45) is 3.27. The van der Waals surface area contributed by atoms with Crippen LogP contribution in [0.5, 0.6) is 0 Å². The summed E-state index contributed by atoms with van der Waals surface area (Å²) in [6.45, 7) is 2.63.